The highest BCUT2D eigenvalue weighted by molar-refractivity contribution is 5.70. The van der Waals surface area contributed by atoms with Crippen LogP contribution in [0.2, 0.25) is 0 Å². The third-order valence-electron chi connectivity index (χ3n) is 3.31. The zero-order valence-corrected chi connectivity index (χ0v) is 9.78. The van der Waals surface area contributed by atoms with Gasteiger partial charge < -0.3 is 5.11 Å². The number of hydrogen-bond acceptors (Lipinski definition) is 3. The number of aryl methyl sites for hydroxylation is 1. The Kier molecular flexibility index (Phi) is 2.59. The van der Waals surface area contributed by atoms with Gasteiger partial charge in [-0.05, 0) is 37.0 Å². The molecule has 0 bridgehead atoms. The Morgan fingerprint density at radius 1 is 1.44 bits per heavy atom. The molecule has 92 valence electrons. The molecule has 0 unspecified atom stereocenters. The summed E-state index contributed by atoms with van der Waals surface area (Å²) in [5.74, 6) is -0.233. The van der Waals surface area contributed by atoms with Gasteiger partial charge in [-0.25, -0.2) is 9.67 Å². The number of hydrogen-bond donors (Lipinski definition) is 1. The molecule has 1 aliphatic carbocycles. The summed E-state index contributed by atoms with van der Waals surface area (Å²) in [5, 5.41) is 13.5. The van der Waals surface area contributed by atoms with Crippen LogP contribution in [-0.4, -0.2) is 25.8 Å². The van der Waals surface area contributed by atoms with Gasteiger partial charge in [0.2, 0.25) is 0 Å². The average molecular weight is 243 g/mol. The topological polar surface area (TPSA) is 68.0 Å². The first-order chi connectivity index (χ1) is 8.74. The van der Waals surface area contributed by atoms with Gasteiger partial charge in [0.1, 0.15) is 0 Å². The third-order valence-corrected chi connectivity index (χ3v) is 3.31. The highest BCUT2D eigenvalue weighted by atomic mass is 16.4. The largest absolute Gasteiger partial charge is 0.481 e. The average Bonchev–Trinajstić information content (AvgIpc) is 2.82. The summed E-state index contributed by atoms with van der Waals surface area (Å²) >= 11 is 0. The fraction of sp³-hybridized carbons (Fsp3) is 0.308. The fourth-order valence-electron chi connectivity index (χ4n) is 2.32. The van der Waals surface area contributed by atoms with Crippen molar-refractivity contribution >= 4 is 5.97 Å². The summed E-state index contributed by atoms with van der Waals surface area (Å²) in [6, 6.07) is 5.64. The van der Waals surface area contributed by atoms with Gasteiger partial charge in [0.25, 0.3) is 0 Å². The van der Waals surface area contributed by atoms with Crippen molar-refractivity contribution in [3.8, 4) is 5.82 Å². The molecule has 1 aliphatic rings. The van der Waals surface area contributed by atoms with Crippen molar-refractivity contribution in [2.24, 2.45) is 5.92 Å². The zero-order valence-electron chi connectivity index (χ0n) is 9.78. The zero-order chi connectivity index (χ0) is 12.5. The lowest BCUT2D eigenvalue weighted by molar-refractivity contribution is -0.142. The molecule has 1 N–H and O–H groups in total. The summed E-state index contributed by atoms with van der Waals surface area (Å²) in [7, 11) is 0. The Bertz CT molecular complexity index is 577. The van der Waals surface area contributed by atoms with Gasteiger partial charge in [0.05, 0.1) is 11.6 Å². The van der Waals surface area contributed by atoms with E-state index in [0.29, 0.717) is 12.8 Å². The lowest BCUT2D eigenvalue weighted by atomic mass is 9.88. The molecule has 2 aromatic heterocycles. The summed E-state index contributed by atoms with van der Waals surface area (Å²) in [6.45, 7) is 0. The molecule has 2 aromatic rings. The summed E-state index contributed by atoms with van der Waals surface area (Å²) < 4.78 is 1.73. The van der Waals surface area contributed by atoms with Crippen LogP contribution < -0.4 is 0 Å². The van der Waals surface area contributed by atoms with E-state index in [1.165, 1.54) is 0 Å². The molecule has 0 fully saturated rings. The number of aliphatic carboxylic acids is 1. The number of carboxylic acids is 1. The van der Waals surface area contributed by atoms with Crippen molar-refractivity contribution in [1.29, 1.82) is 0 Å². The Morgan fingerprint density at radius 3 is 3.06 bits per heavy atom. The third kappa shape index (κ3) is 1.88. The van der Waals surface area contributed by atoms with E-state index in [1.807, 2.05) is 24.4 Å². The molecule has 0 spiro atoms. The van der Waals surface area contributed by atoms with Crippen LogP contribution >= 0.6 is 0 Å². The van der Waals surface area contributed by atoms with Gasteiger partial charge in [-0.3, -0.25) is 4.79 Å². The Balaban J connectivity index is 1.92. The maximum absolute atomic E-state index is 11.0. The molecule has 18 heavy (non-hydrogen) atoms. The summed E-state index contributed by atoms with van der Waals surface area (Å²) in [4.78, 5) is 15.2. The second-order valence-corrected chi connectivity index (χ2v) is 4.51. The van der Waals surface area contributed by atoms with Gasteiger partial charge in [-0.2, -0.15) is 5.10 Å². The number of nitrogens with zero attached hydrogens (tertiary/aromatic N) is 3. The van der Waals surface area contributed by atoms with Crippen molar-refractivity contribution in [3.63, 3.8) is 0 Å². The first-order valence-corrected chi connectivity index (χ1v) is 5.95. The van der Waals surface area contributed by atoms with E-state index in [-0.39, 0.29) is 5.92 Å². The number of carboxylic acid groups (broad SMARTS) is 1. The van der Waals surface area contributed by atoms with Gasteiger partial charge in [0, 0.05) is 12.4 Å². The molecule has 2 heterocycles. The lowest BCUT2D eigenvalue weighted by Crippen LogP contribution is -2.21. The van der Waals surface area contributed by atoms with Crippen LogP contribution in [0.3, 0.4) is 0 Å². The van der Waals surface area contributed by atoms with Crippen LogP contribution in [-0.2, 0) is 17.6 Å². The van der Waals surface area contributed by atoms with E-state index in [0.717, 1.165) is 23.5 Å². The van der Waals surface area contributed by atoms with Gasteiger partial charge in [-0.15, -0.1) is 0 Å². The van der Waals surface area contributed by atoms with E-state index >= 15 is 0 Å². The first-order valence-electron chi connectivity index (χ1n) is 5.95. The highest BCUT2D eigenvalue weighted by Gasteiger charge is 2.26. The van der Waals surface area contributed by atoms with Crippen LogP contribution in [0.25, 0.3) is 5.82 Å². The van der Waals surface area contributed by atoms with E-state index in [9.17, 15) is 4.79 Å². The minimum Gasteiger partial charge on any atom is -0.481 e. The molecular formula is C13H13N3O2. The van der Waals surface area contributed by atoms with Crippen LogP contribution in [0.1, 0.15) is 17.7 Å². The second kappa shape index (κ2) is 4.25. The maximum atomic E-state index is 11.0. The molecule has 0 radical (unpaired) electrons. The Morgan fingerprint density at radius 2 is 2.33 bits per heavy atom. The molecule has 5 nitrogen and oxygen atoms in total. The molecule has 0 amide bonds. The molecule has 3 rings (SSSR count). The molecule has 0 saturated heterocycles. The molecular weight excluding hydrogens is 230 g/mol. The molecule has 0 saturated carbocycles. The molecule has 0 aliphatic heterocycles. The maximum Gasteiger partial charge on any atom is 0.306 e. The van der Waals surface area contributed by atoms with E-state index in [4.69, 9.17) is 5.11 Å². The van der Waals surface area contributed by atoms with Gasteiger partial charge in [-0.1, -0.05) is 6.07 Å². The van der Waals surface area contributed by atoms with Crippen molar-refractivity contribution in [2.45, 2.75) is 19.3 Å². The van der Waals surface area contributed by atoms with Crippen molar-refractivity contribution in [1.82, 2.24) is 14.8 Å². The standard InChI is InChI=1S/C13H13N3O2/c17-13(18)9-4-5-11-10(7-9)8-16(15-11)12-3-1-2-6-14-12/h1-3,6,8-9H,4-5,7H2,(H,17,18)/t9-/m0/s1. The molecule has 5 heteroatoms. The van der Waals surface area contributed by atoms with Crippen molar-refractivity contribution < 1.29 is 9.90 Å². The monoisotopic (exact) mass is 243 g/mol. The summed E-state index contributed by atoms with van der Waals surface area (Å²) in [5.41, 5.74) is 2.03. The van der Waals surface area contributed by atoms with Crippen LogP contribution in [0.4, 0.5) is 0 Å². The van der Waals surface area contributed by atoms with E-state index in [2.05, 4.69) is 10.1 Å². The van der Waals surface area contributed by atoms with Gasteiger partial charge in [0.15, 0.2) is 5.82 Å². The Hall–Kier alpha value is -2.17. The lowest BCUT2D eigenvalue weighted by Gasteiger charge is -2.16. The second-order valence-electron chi connectivity index (χ2n) is 4.51. The smallest absolute Gasteiger partial charge is 0.306 e. The minimum atomic E-state index is -0.716. The number of aromatic nitrogens is 3. The van der Waals surface area contributed by atoms with Crippen LogP contribution in [0.15, 0.2) is 30.6 Å². The normalized spacial score (nSPS) is 18.3. The molecule has 0 aromatic carbocycles. The fourth-order valence-corrected chi connectivity index (χ4v) is 2.32. The molecule has 1 atom stereocenters. The predicted molar refractivity (Wildman–Crippen MR) is 64.5 cm³/mol. The quantitative estimate of drug-likeness (QED) is 0.867. The number of carbonyl (C=O) groups is 1. The minimum absolute atomic E-state index is 0.279. The summed E-state index contributed by atoms with van der Waals surface area (Å²) in [6.07, 6.45) is 5.58. The van der Waals surface area contributed by atoms with Crippen molar-refractivity contribution in [3.05, 3.63) is 41.9 Å². The van der Waals surface area contributed by atoms with Crippen molar-refractivity contribution in [2.75, 3.05) is 0 Å². The number of fused-ring (bicyclic) bond motifs is 1. The highest BCUT2D eigenvalue weighted by Crippen LogP contribution is 2.25. The Labute approximate surface area is 104 Å². The SMILES string of the molecule is O=C(O)[C@H]1CCc2nn(-c3ccccn3)cc2C1. The van der Waals surface area contributed by atoms with Crippen LogP contribution in [0.5, 0.6) is 0 Å². The van der Waals surface area contributed by atoms with Crippen LogP contribution in [0, 0.1) is 5.92 Å². The van der Waals surface area contributed by atoms with E-state index in [1.54, 1.807) is 10.9 Å². The number of pyridine rings is 1. The predicted octanol–water partition coefficient (Wildman–Crippen LogP) is 1.46. The number of rotatable bonds is 2. The van der Waals surface area contributed by atoms with E-state index < -0.39 is 5.97 Å². The van der Waals surface area contributed by atoms with Gasteiger partial charge >= 0.3 is 5.97 Å². The first kappa shape index (κ1) is 11.0.